The first-order chi connectivity index (χ1) is 12.5. The topological polar surface area (TPSA) is 52.7 Å². The fraction of sp³-hybridized carbons (Fsp3) is 0.263. The monoisotopic (exact) mass is 375 g/mol. The third-order valence-corrected chi connectivity index (χ3v) is 4.44. The molecule has 26 heavy (non-hydrogen) atoms. The van der Waals surface area contributed by atoms with Crippen LogP contribution in [0.3, 0.4) is 0 Å². The van der Waals surface area contributed by atoms with Crippen molar-refractivity contribution in [2.45, 2.75) is 0 Å². The smallest absolute Gasteiger partial charge is 0.253 e. The lowest BCUT2D eigenvalue weighted by molar-refractivity contribution is -0.117. The maximum Gasteiger partial charge on any atom is 0.253 e. The average Bonchev–Trinajstić information content (AvgIpc) is 2.61. The van der Waals surface area contributed by atoms with Crippen LogP contribution in [-0.2, 0) is 4.79 Å². The molecule has 0 bridgehead atoms. The summed E-state index contributed by atoms with van der Waals surface area (Å²) in [7, 11) is 0. The minimum absolute atomic E-state index is 0.0589. The number of benzene rings is 2. The second-order valence-corrected chi connectivity index (χ2v) is 6.57. The van der Waals surface area contributed by atoms with Gasteiger partial charge in [-0.25, -0.2) is 4.39 Å². The maximum atomic E-state index is 13.2. The van der Waals surface area contributed by atoms with Crippen molar-refractivity contribution in [2.24, 2.45) is 0 Å². The van der Waals surface area contributed by atoms with E-state index in [1.165, 1.54) is 12.1 Å². The van der Waals surface area contributed by atoms with Crippen molar-refractivity contribution in [3.63, 3.8) is 0 Å². The van der Waals surface area contributed by atoms with Gasteiger partial charge in [0.2, 0.25) is 5.91 Å². The lowest BCUT2D eigenvalue weighted by atomic mass is 10.2. The quantitative estimate of drug-likeness (QED) is 0.894. The van der Waals surface area contributed by atoms with Crippen LogP contribution in [0.2, 0.25) is 5.02 Å². The number of rotatable bonds is 4. The summed E-state index contributed by atoms with van der Waals surface area (Å²) in [6, 6.07) is 12.7. The summed E-state index contributed by atoms with van der Waals surface area (Å²) in [6.07, 6.45) is 0. The summed E-state index contributed by atoms with van der Waals surface area (Å²) >= 11 is 5.94. The van der Waals surface area contributed by atoms with Crippen molar-refractivity contribution in [2.75, 3.05) is 38.0 Å². The van der Waals surface area contributed by atoms with E-state index in [-0.39, 0.29) is 18.4 Å². The van der Waals surface area contributed by atoms with Crippen molar-refractivity contribution in [1.82, 2.24) is 9.80 Å². The molecule has 2 amide bonds. The van der Waals surface area contributed by atoms with Crippen LogP contribution in [0.25, 0.3) is 0 Å². The molecule has 0 atom stereocenters. The first kappa shape index (κ1) is 18.4. The Bertz CT molecular complexity index is 807. The first-order valence-corrected chi connectivity index (χ1v) is 8.72. The Morgan fingerprint density at radius 2 is 1.77 bits per heavy atom. The zero-order valence-electron chi connectivity index (χ0n) is 14.1. The van der Waals surface area contributed by atoms with Crippen LogP contribution in [0.1, 0.15) is 10.4 Å². The summed E-state index contributed by atoms with van der Waals surface area (Å²) in [5.74, 6) is -0.655. The molecule has 1 N–H and O–H groups in total. The number of nitrogens with one attached hydrogen (secondary N) is 1. The fourth-order valence-corrected chi connectivity index (χ4v) is 3.07. The minimum atomic E-state index is -0.393. The molecule has 0 spiro atoms. The lowest BCUT2D eigenvalue weighted by Crippen LogP contribution is -2.50. The van der Waals surface area contributed by atoms with Gasteiger partial charge in [0.1, 0.15) is 5.82 Å². The van der Waals surface area contributed by atoms with E-state index in [9.17, 15) is 14.0 Å². The Kier molecular flexibility index (Phi) is 5.85. The zero-order valence-corrected chi connectivity index (χ0v) is 14.9. The molecule has 7 heteroatoms. The summed E-state index contributed by atoms with van der Waals surface area (Å²) in [6.45, 7) is 2.48. The highest BCUT2D eigenvalue weighted by Gasteiger charge is 2.23. The van der Waals surface area contributed by atoms with Gasteiger partial charge in [0.15, 0.2) is 0 Å². The van der Waals surface area contributed by atoms with Gasteiger partial charge in [0.05, 0.1) is 6.54 Å². The Morgan fingerprint density at radius 1 is 1.04 bits per heavy atom. The molecule has 136 valence electrons. The Hall–Kier alpha value is -2.44. The molecule has 5 nitrogen and oxygen atoms in total. The predicted octanol–water partition coefficient (Wildman–Crippen LogP) is 2.88. The van der Waals surface area contributed by atoms with Gasteiger partial charge in [-0.2, -0.15) is 0 Å². The number of carbonyl (C=O) groups is 2. The molecule has 1 fully saturated rings. The molecule has 0 aliphatic carbocycles. The fourth-order valence-electron chi connectivity index (χ4n) is 2.88. The Labute approximate surface area is 156 Å². The van der Waals surface area contributed by atoms with E-state index in [1.807, 2.05) is 4.90 Å². The van der Waals surface area contributed by atoms with E-state index in [0.29, 0.717) is 42.5 Å². The molecule has 0 unspecified atom stereocenters. The van der Waals surface area contributed by atoms with Gasteiger partial charge in [0, 0.05) is 42.5 Å². The van der Waals surface area contributed by atoms with E-state index >= 15 is 0 Å². The third kappa shape index (κ3) is 4.80. The number of hydrogen-bond donors (Lipinski definition) is 1. The largest absolute Gasteiger partial charge is 0.336 e. The minimum Gasteiger partial charge on any atom is -0.336 e. The number of nitrogens with zero attached hydrogens (tertiary/aromatic N) is 2. The first-order valence-electron chi connectivity index (χ1n) is 8.34. The van der Waals surface area contributed by atoms with Gasteiger partial charge in [0.25, 0.3) is 5.91 Å². The molecule has 0 radical (unpaired) electrons. The highest BCUT2D eigenvalue weighted by atomic mass is 35.5. The highest BCUT2D eigenvalue weighted by molar-refractivity contribution is 6.30. The molecule has 0 saturated carbocycles. The average molecular weight is 376 g/mol. The molecule has 1 aliphatic heterocycles. The Morgan fingerprint density at radius 3 is 2.46 bits per heavy atom. The Balaban J connectivity index is 1.49. The van der Waals surface area contributed by atoms with E-state index in [2.05, 4.69) is 5.32 Å². The molecule has 1 saturated heterocycles. The third-order valence-electron chi connectivity index (χ3n) is 4.21. The highest BCUT2D eigenvalue weighted by Crippen LogP contribution is 2.14. The van der Waals surface area contributed by atoms with Gasteiger partial charge in [-0.15, -0.1) is 0 Å². The van der Waals surface area contributed by atoms with Crippen molar-refractivity contribution in [1.29, 1.82) is 0 Å². The van der Waals surface area contributed by atoms with Crippen molar-refractivity contribution in [3.8, 4) is 0 Å². The van der Waals surface area contributed by atoms with Crippen LogP contribution in [0.15, 0.2) is 48.5 Å². The summed E-state index contributed by atoms with van der Waals surface area (Å²) in [4.78, 5) is 28.3. The molecule has 2 aromatic carbocycles. The van der Waals surface area contributed by atoms with Gasteiger partial charge in [-0.05, 0) is 36.4 Å². The molecule has 1 heterocycles. The van der Waals surface area contributed by atoms with Gasteiger partial charge >= 0.3 is 0 Å². The van der Waals surface area contributed by atoms with E-state index < -0.39 is 5.82 Å². The van der Waals surface area contributed by atoms with E-state index in [1.54, 1.807) is 41.3 Å². The molecule has 1 aliphatic rings. The van der Waals surface area contributed by atoms with Crippen LogP contribution >= 0.6 is 11.6 Å². The second kappa shape index (κ2) is 8.29. The van der Waals surface area contributed by atoms with E-state index in [0.717, 1.165) is 0 Å². The van der Waals surface area contributed by atoms with Crippen LogP contribution in [-0.4, -0.2) is 54.3 Å². The van der Waals surface area contributed by atoms with Crippen molar-refractivity contribution < 1.29 is 14.0 Å². The zero-order chi connectivity index (χ0) is 18.5. The number of halogens is 2. The van der Waals surface area contributed by atoms with Gasteiger partial charge in [-0.3, -0.25) is 14.5 Å². The standard InChI is InChI=1S/C19H19ClFN3O2/c20-15-4-1-3-14(11-15)19(26)24-9-7-23(8-10-24)13-18(25)22-17-6-2-5-16(21)12-17/h1-6,11-12H,7-10,13H2,(H,22,25). The van der Waals surface area contributed by atoms with Gasteiger partial charge < -0.3 is 10.2 Å². The molecule has 2 aromatic rings. The number of hydrogen-bond acceptors (Lipinski definition) is 3. The van der Waals surface area contributed by atoms with Crippen LogP contribution in [0.5, 0.6) is 0 Å². The summed E-state index contributed by atoms with van der Waals surface area (Å²) in [5.41, 5.74) is 1.000. The van der Waals surface area contributed by atoms with Crippen molar-refractivity contribution >= 4 is 29.1 Å². The second-order valence-electron chi connectivity index (χ2n) is 6.14. The maximum absolute atomic E-state index is 13.2. The normalized spacial score (nSPS) is 14.9. The summed E-state index contributed by atoms with van der Waals surface area (Å²) < 4.78 is 13.2. The van der Waals surface area contributed by atoms with Crippen molar-refractivity contribution in [3.05, 3.63) is 64.9 Å². The van der Waals surface area contributed by atoms with E-state index in [4.69, 9.17) is 11.6 Å². The number of carbonyl (C=O) groups excluding carboxylic acids is 2. The SMILES string of the molecule is O=C(CN1CCN(C(=O)c2cccc(Cl)c2)CC1)Nc1cccc(F)c1. The molecular formula is C19H19ClFN3O2. The molecular weight excluding hydrogens is 357 g/mol. The molecule has 3 rings (SSSR count). The van der Waals surface area contributed by atoms with Crippen LogP contribution in [0.4, 0.5) is 10.1 Å². The predicted molar refractivity (Wildman–Crippen MR) is 98.8 cm³/mol. The van der Waals surface area contributed by atoms with Crippen LogP contribution in [0, 0.1) is 5.82 Å². The number of amides is 2. The lowest BCUT2D eigenvalue weighted by Gasteiger charge is -2.34. The van der Waals surface area contributed by atoms with Gasteiger partial charge in [-0.1, -0.05) is 23.7 Å². The number of piperazine rings is 1. The van der Waals surface area contributed by atoms with Crippen LogP contribution < -0.4 is 5.32 Å². The molecule has 0 aromatic heterocycles. The summed E-state index contributed by atoms with van der Waals surface area (Å²) in [5, 5.41) is 3.21. The number of anilines is 1.